The Balaban J connectivity index is 1.68. The molecule has 0 aliphatic carbocycles. The van der Waals surface area contributed by atoms with Crippen LogP contribution in [0.5, 0.6) is 0 Å². The fourth-order valence-corrected chi connectivity index (χ4v) is 3.18. The third-order valence-electron chi connectivity index (χ3n) is 3.93. The van der Waals surface area contributed by atoms with E-state index in [1.807, 2.05) is 0 Å². The molecule has 1 N–H and O–H groups in total. The minimum Gasteiger partial charge on any atom is -0.550 e. The van der Waals surface area contributed by atoms with E-state index in [1.165, 1.54) is 0 Å². The molecule has 3 rings (SSSR count). The molecule has 2 heterocycles. The maximum atomic E-state index is 12.3. The van der Waals surface area contributed by atoms with Crippen LogP contribution in [0.3, 0.4) is 0 Å². The smallest absolute Gasteiger partial charge is 0.227 e. The number of aliphatic carboxylic acids is 1. The van der Waals surface area contributed by atoms with Crippen molar-refractivity contribution in [1.82, 2.24) is 5.32 Å². The zero-order valence-electron chi connectivity index (χ0n) is 11.3. The molecule has 22 heavy (non-hydrogen) atoms. The molecule has 0 radical (unpaired) electrons. The molecule has 0 spiro atoms. The average molecular weight is 341 g/mol. The van der Waals surface area contributed by atoms with Crippen molar-refractivity contribution < 1.29 is 19.4 Å². The number of carboxylic acids is 1. The highest BCUT2D eigenvalue weighted by atomic mass is 35.5. The summed E-state index contributed by atoms with van der Waals surface area (Å²) in [5.41, 5.74) is 0.771. The molecule has 0 aromatic heterocycles. The fourth-order valence-electron chi connectivity index (χ4n) is 2.86. The molecular formula is C15H12Cl2NO4-. The van der Waals surface area contributed by atoms with Crippen LogP contribution in [0.4, 0.5) is 0 Å². The number of fused-ring (bicyclic) bond motifs is 2. The molecule has 1 aromatic rings. The largest absolute Gasteiger partial charge is 0.550 e. The Bertz CT molecular complexity index is 661. The Labute approximate surface area is 136 Å². The first-order valence-corrected chi connectivity index (χ1v) is 7.49. The summed E-state index contributed by atoms with van der Waals surface area (Å²) in [4.78, 5) is 23.5. The zero-order valence-corrected chi connectivity index (χ0v) is 12.8. The second-order valence-electron chi connectivity index (χ2n) is 5.29. The van der Waals surface area contributed by atoms with Crippen LogP contribution in [0, 0.1) is 11.8 Å². The minimum atomic E-state index is -1.27. The predicted molar refractivity (Wildman–Crippen MR) is 78.1 cm³/mol. The van der Waals surface area contributed by atoms with Crippen molar-refractivity contribution >= 4 is 35.1 Å². The molecule has 5 nitrogen and oxygen atoms in total. The predicted octanol–water partition coefficient (Wildman–Crippen LogP) is 0.929. The summed E-state index contributed by atoms with van der Waals surface area (Å²) < 4.78 is 5.44. The summed E-state index contributed by atoms with van der Waals surface area (Å²) in [7, 11) is 0. The van der Waals surface area contributed by atoms with Crippen LogP contribution in [-0.4, -0.2) is 24.1 Å². The van der Waals surface area contributed by atoms with E-state index in [4.69, 9.17) is 27.9 Å². The van der Waals surface area contributed by atoms with Crippen molar-refractivity contribution in [2.75, 3.05) is 0 Å². The number of carboxylic acid groups (broad SMARTS) is 1. The summed E-state index contributed by atoms with van der Waals surface area (Å²) >= 11 is 11.7. The number of rotatable bonds is 4. The Morgan fingerprint density at radius 1 is 1.14 bits per heavy atom. The van der Waals surface area contributed by atoms with Crippen LogP contribution >= 0.6 is 23.2 Å². The van der Waals surface area contributed by atoms with Crippen molar-refractivity contribution in [1.29, 1.82) is 0 Å². The van der Waals surface area contributed by atoms with Gasteiger partial charge in [-0.3, -0.25) is 4.79 Å². The van der Waals surface area contributed by atoms with Gasteiger partial charge in [-0.1, -0.05) is 41.4 Å². The van der Waals surface area contributed by atoms with Gasteiger partial charge in [-0.15, -0.1) is 0 Å². The first kappa shape index (κ1) is 15.3. The number of carbonyl (C=O) groups is 2. The molecule has 4 atom stereocenters. The number of hydrogen-bond acceptors (Lipinski definition) is 4. The molecule has 1 amide bonds. The second-order valence-corrected chi connectivity index (χ2v) is 6.10. The molecule has 1 saturated heterocycles. The van der Waals surface area contributed by atoms with Crippen molar-refractivity contribution in [3.63, 3.8) is 0 Å². The Morgan fingerprint density at radius 3 is 2.45 bits per heavy atom. The lowest BCUT2D eigenvalue weighted by atomic mass is 9.82. The molecule has 116 valence electrons. The van der Waals surface area contributed by atoms with Gasteiger partial charge in [0.2, 0.25) is 5.91 Å². The summed E-state index contributed by atoms with van der Waals surface area (Å²) in [5, 5.41) is 14.8. The summed E-state index contributed by atoms with van der Waals surface area (Å²) in [6, 6.07) is 5.03. The van der Waals surface area contributed by atoms with E-state index in [0.29, 0.717) is 10.0 Å². The molecular weight excluding hydrogens is 329 g/mol. The van der Waals surface area contributed by atoms with E-state index in [0.717, 1.165) is 5.56 Å². The van der Waals surface area contributed by atoms with Gasteiger partial charge in [-0.05, 0) is 17.7 Å². The van der Waals surface area contributed by atoms with Crippen LogP contribution in [0.15, 0.2) is 30.4 Å². The molecule has 1 aromatic carbocycles. The molecule has 1 fully saturated rings. The highest BCUT2D eigenvalue weighted by Gasteiger charge is 2.50. The highest BCUT2D eigenvalue weighted by molar-refractivity contribution is 6.42. The van der Waals surface area contributed by atoms with Gasteiger partial charge in [0, 0.05) is 18.4 Å². The van der Waals surface area contributed by atoms with Crippen molar-refractivity contribution in [2.45, 2.75) is 18.8 Å². The normalized spacial score (nSPS) is 28.8. The Hall–Kier alpha value is -1.56. The summed E-state index contributed by atoms with van der Waals surface area (Å²) in [6.45, 7) is 0.229. The highest BCUT2D eigenvalue weighted by Crippen LogP contribution is 2.39. The van der Waals surface area contributed by atoms with E-state index in [-0.39, 0.29) is 12.5 Å². The SMILES string of the molecule is O=C([O-])[C@@H]1[C@H](C(=O)NCc2ccc(Cl)c(Cl)c2)[C@H]2C=C[C@@H]1O2. The first-order valence-electron chi connectivity index (χ1n) is 6.73. The number of nitrogens with one attached hydrogen (secondary N) is 1. The number of amides is 1. The lowest BCUT2D eigenvalue weighted by molar-refractivity contribution is -0.313. The van der Waals surface area contributed by atoms with Crippen LogP contribution < -0.4 is 10.4 Å². The first-order chi connectivity index (χ1) is 10.5. The maximum absolute atomic E-state index is 12.3. The lowest BCUT2D eigenvalue weighted by Crippen LogP contribution is -2.46. The number of halogens is 2. The van der Waals surface area contributed by atoms with Gasteiger partial charge < -0.3 is 20.0 Å². The molecule has 0 unspecified atom stereocenters. The molecule has 2 bridgehead atoms. The van der Waals surface area contributed by atoms with Crippen molar-refractivity contribution in [3.05, 3.63) is 46.0 Å². The number of benzene rings is 1. The van der Waals surface area contributed by atoms with Gasteiger partial charge in [-0.2, -0.15) is 0 Å². The minimum absolute atomic E-state index is 0.229. The van der Waals surface area contributed by atoms with E-state index in [9.17, 15) is 14.7 Å². The summed E-state index contributed by atoms with van der Waals surface area (Å²) in [6.07, 6.45) is 2.28. The lowest BCUT2D eigenvalue weighted by Gasteiger charge is -2.25. The third kappa shape index (κ3) is 2.72. The van der Waals surface area contributed by atoms with Gasteiger partial charge in [0.25, 0.3) is 0 Å². The standard InChI is InChI=1S/C15H13Cl2NO4/c16-8-2-1-7(5-9(8)17)6-18-14(19)12-10-3-4-11(22-10)13(12)15(20)21/h1-5,10-13H,6H2,(H,18,19)(H,20,21)/p-1/t10-,11+,12-,13+/m1/s1. The van der Waals surface area contributed by atoms with Gasteiger partial charge in [-0.25, -0.2) is 0 Å². The average Bonchev–Trinajstić information content (AvgIpc) is 3.08. The maximum Gasteiger partial charge on any atom is 0.227 e. The van der Waals surface area contributed by atoms with Gasteiger partial charge >= 0.3 is 0 Å². The fraction of sp³-hybridized carbons (Fsp3) is 0.333. The molecule has 2 aliphatic rings. The monoisotopic (exact) mass is 340 g/mol. The van der Waals surface area contributed by atoms with Crippen LogP contribution in [0.2, 0.25) is 10.0 Å². The van der Waals surface area contributed by atoms with E-state index < -0.39 is 30.0 Å². The third-order valence-corrected chi connectivity index (χ3v) is 4.66. The molecule has 7 heteroatoms. The van der Waals surface area contributed by atoms with Gasteiger partial charge in [0.1, 0.15) is 0 Å². The summed E-state index contributed by atoms with van der Waals surface area (Å²) in [5.74, 6) is -3.38. The molecule has 0 saturated carbocycles. The number of hydrogen-bond donors (Lipinski definition) is 1. The topological polar surface area (TPSA) is 78.5 Å². The van der Waals surface area contributed by atoms with Crippen LogP contribution in [0.25, 0.3) is 0 Å². The quantitative estimate of drug-likeness (QED) is 0.827. The molecule has 2 aliphatic heterocycles. The van der Waals surface area contributed by atoms with Gasteiger partial charge in [0.05, 0.1) is 28.2 Å². The number of carbonyl (C=O) groups excluding carboxylic acids is 2. The van der Waals surface area contributed by atoms with Crippen molar-refractivity contribution in [3.8, 4) is 0 Å². The van der Waals surface area contributed by atoms with E-state index >= 15 is 0 Å². The Kier molecular flexibility index (Phi) is 4.12. The van der Waals surface area contributed by atoms with Crippen LogP contribution in [0.1, 0.15) is 5.56 Å². The second kappa shape index (κ2) is 5.91. The number of ether oxygens (including phenoxy) is 1. The zero-order chi connectivity index (χ0) is 15.9. The van der Waals surface area contributed by atoms with E-state index in [1.54, 1.807) is 30.4 Å². The van der Waals surface area contributed by atoms with E-state index in [2.05, 4.69) is 5.32 Å². The van der Waals surface area contributed by atoms with Crippen LogP contribution in [-0.2, 0) is 20.9 Å². The van der Waals surface area contributed by atoms with Gasteiger partial charge in [0.15, 0.2) is 0 Å². The van der Waals surface area contributed by atoms with Crippen molar-refractivity contribution in [2.24, 2.45) is 11.8 Å². The Morgan fingerprint density at radius 2 is 1.82 bits per heavy atom.